The molecule has 3 unspecified atom stereocenters. The maximum absolute atomic E-state index is 14.7. The van der Waals surface area contributed by atoms with Crippen molar-refractivity contribution in [3.63, 3.8) is 0 Å². The predicted molar refractivity (Wildman–Crippen MR) is 107 cm³/mol. The third-order valence-electron chi connectivity index (χ3n) is 6.51. The van der Waals surface area contributed by atoms with E-state index in [1.54, 1.807) is 0 Å². The van der Waals surface area contributed by atoms with E-state index in [-0.39, 0.29) is 25.7 Å². The van der Waals surface area contributed by atoms with Gasteiger partial charge in [-0.1, -0.05) is 13.3 Å². The summed E-state index contributed by atoms with van der Waals surface area (Å²) >= 11 is 0. The average molecular weight is 502 g/mol. The van der Waals surface area contributed by atoms with Gasteiger partial charge in [0.15, 0.2) is 6.29 Å². The minimum Gasteiger partial charge on any atom is -0.373 e. The number of benzene rings is 1. The Balaban J connectivity index is 1.57. The molecule has 194 valence electrons. The van der Waals surface area contributed by atoms with Gasteiger partial charge in [-0.05, 0) is 68.6 Å². The van der Waals surface area contributed by atoms with Crippen molar-refractivity contribution in [2.75, 3.05) is 6.61 Å². The van der Waals surface area contributed by atoms with Gasteiger partial charge in [0.25, 0.3) is 0 Å². The summed E-state index contributed by atoms with van der Waals surface area (Å²) in [6, 6.07) is 2.17. The van der Waals surface area contributed by atoms with Gasteiger partial charge in [-0.3, -0.25) is 0 Å². The van der Waals surface area contributed by atoms with E-state index in [4.69, 9.17) is 9.47 Å². The Labute approximate surface area is 193 Å². The molecular weight excluding hydrogens is 473 g/mol. The first-order chi connectivity index (χ1) is 15.9. The molecular formula is C23H29F7O4. The summed E-state index contributed by atoms with van der Waals surface area (Å²) in [6.07, 6.45) is -10.6. The molecule has 3 rings (SSSR count). The Morgan fingerprint density at radius 3 is 2.12 bits per heavy atom. The molecule has 1 N–H and O–H groups in total. The van der Waals surface area contributed by atoms with Crippen LogP contribution in [0.3, 0.4) is 0 Å². The van der Waals surface area contributed by atoms with Gasteiger partial charge in [0.2, 0.25) is 0 Å². The molecule has 3 atom stereocenters. The van der Waals surface area contributed by atoms with Crippen molar-refractivity contribution in [3.8, 4) is 0 Å². The van der Waals surface area contributed by atoms with Gasteiger partial charge in [0.05, 0.1) is 30.3 Å². The first-order valence-corrected chi connectivity index (χ1v) is 11.5. The topological polar surface area (TPSA) is 47.9 Å². The molecule has 1 aliphatic heterocycles. The number of rotatable bonds is 8. The highest BCUT2D eigenvalue weighted by molar-refractivity contribution is 5.29. The van der Waals surface area contributed by atoms with Gasteiger partial charge >= 0.3 is 12.5 Å². The zero-order chi connectivity index (χ0) is 25.1. The zero-order valence-corrected chi connectivity index (χ0v) is 18.7. The second kappa shape index (κ2) is 11.1. The van der Waals surface area contributed by atoms with Crippen LogP contribution in [0.2, 0.25) is 0 Å². The lowest BCUT2D eigenvalue weighted by molar-refractivity contribution is -0.439. The highest BCUT2D eigenvalue weighted by Crippen LogP contribution is 2.42. The number of alkyl halides is 5. The van der Waals surface area contributed by atoms with E-state index in [0.717, 1.165) is 31.4 Å². The van der Waals surface area contributed by atoms with Crippen molar-refractivity contribution < 1.29 is 50.1 Å². The van der Waals surface area contributed by atoms with Crippen LogP contribution in [0, 0.1) is 23.5 Å². The fourth-order valence-electron chi connectivity index (χ4n) is 4.75. The zero-order valence-electron chi connectivity index (χ0n) is 18.7. The molecule has 1 aliphatic carbocycles. The average Bonchev–Trinajstić information content (AvgIpc) is 2.72. The molecule has 11 heteroatoms. The number of ether oxygens (including phenoxy) is 3. The molecule has 1 heterocycles. The van der Waals surface area contributed by atoms with Crippen molar-refractivity contribution in [3.05, 3.63) is 34.9 Å². The van der Waals surface area contributed by atoms with Crippen molar-refractivity contribution >= 4 is 0 Å². The molecule has 1 saturated heterocycles. The summed E-state index contributed by atoms with van der Waals surface area (Å²) in [6.45, 7) is 2.58. The van der Waals surface area contributed by atoms with E-state index in [1.807, 2.05) is 0 Å². The molecule has 2 fully saturated rings. The van der Waals surface area contributed by atoms with Crippen molar-refractivity contribution in [1.82, 2.24) is 0 Å². The molecule has 1 aromatic rings. The normalized spacial score (nSPS) is 27.6. The predicted octanol–water partition coefficient (Wildman–Crippen LogP) is 6.93. The first-order valence-electron chi connectivity index (χ1n) is 11.5. The molecule has 2 aliphatic rings. The molecule has 0 amide bonds. The van der Waals surface area contributed by atoms with E-state index in [0.29, 0.717) is 24.5 Å². The van der Waals surface area contributed by atoms with Crippen molar-refractivity contribution in [2.45, 2.75) is 89.3 Å². The molecule has 1 saturated carbocycles. The highest BCUT2D eigenvalue weighted by Gasteiger charge is 2.51. The molecule has 34 heavy (non-hydrogen) atoms. The van der Waals surface area contributed by atoms with E-state index in [9.17, 15) is 35.8 Å². The third-order valence-corrected chi connectivity index (χ3v) is 6.51. The Kier molecular flexibility index (Phi) is 8.86. The minimum atomic E-state index is -5.48. The van der Waals surface area contributed by atoms with E-state index in [1.165, 1.54) is 0 Å². The highest BCUT2D eigenvalue weighted by atomic mass is 19.4. The molecule has 4 nitrogen and oxygen atoms in total. The fraction of sp³-hybridized carbons (Fsp3) is 0.739. The Morgan fingerprint density at radius 2 is 1.62 bits per heavy atom. The van der Waals surface area contributed by atoms with Crippen molar-refractivity contribution in [1.29, 1.82) is 0 Å². The second-order valence-corrected chi connectivity index (χ2v) is 9.02. The van der Waals surface area contributed by atoms with E-state index < -0.39 is 54.1 Å². The van der Waals surface area contributed by atoms with Crippen molar-refractivity contribution in [2.24, 2.45) is 11.8 Å². The van der Waals surface area contributed by atoms with Gasteiger partial charge in [0, 0.05) is 0 Å². The lowest BCUT2D eigenvalue weighted by Gasteiger charge is -2.34. The number of hydrogen-bond acceptors (Lipinski definition) is 4. The van der Waals surface area contributed by atoms with Crippen LogP contribution in [-0.4, -0.2) is 30.3 Å². The Bertz CT molecular complexity index is 778. The monoisotopic (exact) mass is 502 g/mol. The third kappa shape index (κ3) is 7.05. The maximum atomic E-state index is 14.7. The maximum Gasteiger partial charge on any atom is 0.527 e. The van der Waals surface area contributed by atoms with Crippen LogP contribution in [0.4, 0.5) is 30.7 Å². The van der Waals surface area contributed by atoms with Crippen LogP contribution in [-0.2, 0) is 14.2 Å². The molecule has 0 aromatic heterocycles. The lowest BCUT2D eigenvalue weighted by atomic mass is 9.86. The van der Waals surface area contributed by atoms with Crippen LogP contribution >= 0.6 is 0 Å². The van der Waals surface area contributed by atoms with Gasteiger partial charge < -0.3 is 14.6 Å². The van der Waals surface area contributed by atoms with Gasteiger partial charge in [-0.15, -0.1) is 13.2 Å². The summed E-state index contributed by atoms with van der Waals surface area (Å²) < 4.78 is 107. The summed E-state index contributed by atoms with van der Waals surface area (Å²) in [7, 11) is 0. The molecule has 0 radical (unpaired) electrons. The fourth-order valence-corrected chi connectivity index (χ4v) is 4.75. The smallest absolute Gasteiger partial charge is 0.373 e. The molecule has 0 bridgehead atoms. The number of hydrogen-bond donors (Lipinski definition) is 1. The van der Waals surface area contributed by atoms with Crippen LogP contribution in [0.1, 0.15) is 81.8 Å². The van der Waals surface area contributed by atoms with Gasteiger partial charge in [0.1, 0.15) is 11.6 Å². The van der Waals surface area contributed by atoms with Gasteiger partial charge in [-0.25, -0.2) is 13.5 Å². The first kappa shape index (κ1) is 27.2. The molecule has 1 aromatic carbocycles. The standard InChI is InChI=1S/C23H29F7O4/c1-2-3-13-4-9-19(32-12-13)14-10-17(24)20(18(25)11-14)21(31)33-16-7-5-15(6-8-16)22(26,27)34-23(28,29)30/h10-11,13,15-16,19,21,31H,2-9,12H2,1H3. The lowest BCUT2D eigenvalue weighted by Crippen LogP contribution is -2.40. The Morgan fingerprint density at radius 1 is 1.00 bits per heavy atom. The quantitative estimate of drug-likeness (QED) is 0.309. The SMILES string of the molecule is CCCC1CCC(c2cc(F)c(C(O)OC3CCC(C(F)(F)OC(F)(F)F)CC3)c(F)c2)OC1. The number of aliphatic hydroxyl groups excluding tert-OH is 1. The van der Waals surface area contributed by atoms with Crippen LogP contribution in [0.25, 0.3) is 0 Å². The van der Waals surface area contributed by atoms with Crippen LogP contribution < -0.4 is 0 Å². The second-order valence-electron chi connectivity index (χ2n) is 9.02. The summed E-state index contributed by atoms with van der Waals surface area (Å²) in [5.74, 6) is -3.33. The Hall–Kier alpha value is -1.43. The summed E-state index contributed by atoms with van der Waals surface area (Å²) in [5.41, 5.74) is -0.399. The largest absolute Gasteiger partial charge is 0.527 e. The van der Waals surface area contributed by atoms with E-state index in [2.05, 4.69) is 11.7 Å². The molecule has 0 spiro atoms. The summed E-state index contributed by atoms with van der Waals surface area (Å²) in [4.78, 5) is 0. The van der Waals surface area contributed by atoms with E-state index >= 15 is 0 Å². The minimum absolute atomic E-state index is 0.130. The number of aliphatic hydroxyl groups is 1. The number of halogens is 7. The van der Waals surface area contributed by atoms with Crippen LogP contribution in [0.15, 0.2) is 12.1 Å². The van der Waals surface area contributed by atoms with Crippen LogP contribution in [0.5, 0.6) is 0 Å². The summed E-state index contributed by atoms with van der Waals surface area (Å²) in [5, 5.41) is 10.3. The van der Waals surface area contributed by atoms with Gasteiger partial charge in [-0.2, -0.15) is 8.78 Å².